The highest BCUT2D eigenvalue weighted by molar-refractivity contribution is 7.11. The van der Waals surface area contributed by atoms with Crippen LogP contribution >= 0.6 is 11.3 Å². The molecule has 0 amide bonds. The molecule has 0 spiro atoms. The molecule has 94 valence electrons. The summed E-state index contributed by atoms with van der Waals surface area (Å²) in [4.78, 5) is 20.0. The smallest absolute Gasteiger partial charge is 0.294 e. The first-order valence-corrected chi connectivity index (χ1v) is 6.45. The van der Waals surface area contributed by atoms with E-state index in [0.717, 1.165) is 28.5 Å². The van der Waals surface area contributed by atoms with Crippen LogP contribution in [0.5, 0.6) is 0 Å². The summed E-state index contributed by atoms with van der Waals surface area (Å²) in [6.45, 7) is 3.09. The van der Waals surface area contributed by atoms with Crippen LogP contribution < -0.4 is 5.32 Å². The van der Waals surface area contributed by atoms with Crippen molar-refractivity contribution in [1.82, 2.24) is 10.3 Å². The summed E-state index contributed by atoms with van der Waals surface area (Å²) in [5.41, 5.74) is 0.964. The molecule has 1 aromatic heterocycles. The first-order chi connectivity index (χ1) is 8.16. The molecule has 0 bridgehead atoms. The van der Waals surface area contributed by atoms with Gasteiger partial charge in [-0.3, -0.25) is 0 Å². The Bertz CT molecular complexity index is 402. The zero-order valence-corrected chi connectivity index (χ0v) is 10.5. The highest BCUT2D eigenvalue weighted by atomic mass is 32.1. The lowest BCUT2D eigenvalue weighted by atomic mass is 10.2. The van der Waals surface area contributed by atoms with E-state index in [2.05, 4.69) is 15.1 Å². The number of hydrogen-bond acceptors (Lipinski definition) is 6. The molecule has 0 unspecified atom stereocenters. The third-order valence-electron chi connectivity index (χ3n) is 2.79. The highest BCUT2D eigenvalue weighted by Crippen LogP contribution is 2.29. The van der Waals surface area contributed by atoms with E-state index in [1.54, 1.807) is 11.3 Å². The summed E-state index contributed by atoms with van der Waals surface area (Å²) in [5.74, 6) is 0. The van der Waals surface area contributed by atoms with Crippen LogP contribution in [0.25, 0.3) is 0 Å². The van der Waals surface area contributed by atoms with E-state index in [4.69, 9.17) is 0 Å². The predicted octanol–water partition coefficient (Wildman–Crippen LogP) is 1.63. The van der Waals surface area contributed by atoms with E-state index in [0.29, 0.717) is 12.5 Å². The molecule has 0 saturated carbocycles. The fraction of sp³-hybridized carbons (Fsp3) is 0.700. The summed E-state index contributed by atoms with van der Waals surface area (Å²) in [5, 5.41) is 13.8. The van der Waals surface area contributed by atoms with Gasteiger partial charge < -0.3 is 10.2 Å². The molecular formula is C10H15N3O3S. The summed E-state index contributed by atoms with van der Waals surface area (Å²) in [6, 6.07) is 0.365. The second kappa shape index (κ2) is 5.42. The molecule has 0 aliphatic carbocycles. The standard InChI is InChI=1S/C10H15N3O3S/c1-7-9(4-6-16-13(14)15)17-10(12-7)8-3-2-5-11-8/h8,11H,2-6H2,1H3/t8-/m0/s1. The van der Waals surface area contributed by atoms with E-state index < -0.39 is 5.09 Å². The van der Waals surface area contributed by atoms with Gasteiger partial charge in [-0.25, -0.2) is 4.98 Å². The summed E-state index contributed by atoms with van der Waals surface area (Å²) in [6.07, 6.45) is 2.86. The highest BCUT2D eigenvalue weighted by Gasteiger charge is 2.20. The van der Waals surface area contributed by atoms with Gasteiger partial charge in [-0.05, 0) is 26.3 Å². The topological polar surface area (TPSA) is 77.3 Å². The molecule has 0 aromatic carbocycles. The van der Waals surface area contributed by atoms with Crippen molar-refractivity contribution in [3.63, 3.8) is 0 Å². The van der Waals surface area contributed by atoms with Crippen molar-refractivity contribution in [2.75, 3.05) is 13.2 Å². The van der Waals surface area contributed by atoms with Crippen molar-refractivity contribution in [2.24, 2.45) is 0 Å². The molecule has 2 heterocycles. The second-order valence-corrected chi connectivity index (χ2v) is 5.13. The van der Waals surface area contributed by atoms with Gasteiger partial charge in [-0.1, -0.05) is 0 Å². The van der Waals surface area contributed by atoms with E-state index in [-0.39, 0.29) is 6.61 Å². The maximum absolute atomic E-state index is 10.0. The largest absolute Gasteiger partial charge is 0.314 e. The minimum Gasteiger partial charge on any atom is -0.314 e. The van der Waals surface area contributed by atoms with Gasteiger partial charge in [-0.15, -0.1) is 21.5 Å². The van der Waals surface area contributed by atoms with E-state index in [9.17, 15) is 10.1 Å². The van der Waals surface area contributed by atoms with Crippen molar-refractivity contribution in [3.05, 3.63) is 25.7 Å². The van der Waals surface area contributed by atoms with Gasteiger partial charge >= 0.3 is 0 Å². The molecule has 1 fully saturated rings. The van der Waals surface area contributed by atoms with Gasteiger partial charge in [0.1, 0.15) is 11.6 Å². The van der Waals surface area contributed by atoms with Gasteiger partial charge in [0.05, 0.1) is 11.7 Å². The molecular weight excluding hydrogens is 242 g/mol. The number of hydrogen-bond donors (Lipinski definition) is 1. The Kier molecular flexibility index (Phi) is 3.90. The zero-order chi connectivity index (χ0) is 12.3. The average molecular weight is 257 g/mol. The van der Waals surface area contributed by atoms with Crippen LogP contribution in [-0.4, -0.2) is 23.2 Å². The van der Waals surface area contributed by atoms with Crippen molar-refractivity contribution < 1.29 is 9.92 Å². The van der Waals surface area contributed by atoms with E-state index in [1.165, 1.54) is 6.42 Å². The van der Waals surface area contributed by atoms with Gasteiger partial charge in [0, 0.05) is 11.3 Å². The third-order valence-corrected chi connectivity index (χ3v) is 4.12. The maximum Gasteiger partial charge on any atom is 0.294 e. The van der Waals surface area contributed by atoms with Crippen LogP contribution in [0.4, 0.5) is 0 Å². The monoisotopic (exact) mass is 257 g/mol. The number of rotatable bonds is 5. The Morgan fingerprint density at radius 3 is 3.18 bits per heavy atom. The average Bonchev–Trinajstić information content (AvgIpc) is 2.87. The number of nitrogens with zero attached hydrogens (tertiary/aromatic N) is 2. The lowest BCUT2D eigenvalue weighted by molar-refractivity contribution is -0.757. The first-order valence-electron chi connectivity index (χ1n) is 5.63. The van der Waals surface area contributed by atoms with Crippen LogP contribution in [0.3, 0.4) is 0 Å². The Balaban J connectivity index is 1.95. The molecule has 1 aliphatic rings. The molecule has 17 heavy (non-hydrogen) atoms. The van der Waals surface area contributed by atoms with Crippen LogP contribution in [-0.2, 0) is 11.3 Å². The number of thiazole rings is 1. The van der Waals surface area contributed by atoms with Gasteiger partial charge in [0.25, 0.3) is 5.09 Å². The van der Waals surface area contributed by atoms with Crippen molar-refractivity contribution in [2.45, 2.75) is 32.2 Å². The molecule has 1 aliphatic heterocycles. The minimum absolute atomic E-state index is 0.105. The van der Waals surface area contributed by atoms with Gasteiger partial charge in [0.15, 0.2) is 0 Å². The number of aryl methyl sites for hydroxylation is 1. The summed E-state index contributed by atoms with van der Waals surface area (Å²) >= 11 is 1.63. The molecule has 1 aromatic rings. The fourth-order valence-corrected chi connectivity index (χ4v) is 3.10. The second-order valence-electron chi connectivity index (χ2n) is 4.02. The summed E-state index contributed by atoms with van der Waals surface area (Å²) in [7, 11) is 0. The Hall–Kier alpha value is -1.21. The molecule has 1 N–H and O–H groups in total. The van der Waals surface area contributed by atoms with E-state index in [1.807, 2.05) is 6.92 Å². The zero-order valence-electron chi connectivity index (χ0n) is 9.64. The van der Waals surface area contributed by atoms with E-state index >= 15 is 0 Å². The fourth-order valence-electron chi connectivity index (χ4n) is 1.94. The van der Waals surface area contributed by atoms with Crippen LogP contribution in [0.15, 0.2) is 0 Å². The molecule has 0 radical (unpaired) electrons. The van der Waals surface area contributed by atoms with Gasteiger partial charge in [-0.2, -0.15) is 0 Å². The van der Waals surface area contributed by atoms with Crippen LogP contribution in [0, 0.1) is 17.0 Å². The van der Waals surface area contributed by atoms with Gasteiger partial charge in [0.2, 0.25) is 0 Å². The Morgan fingerprint density at radius 2 is 2.53 bits per heavy atom. The third kappa shape index (κ3) is 3.13. The molecule has 7 heteroatoms. The molecule has 2 rings (SSSR count). The first kappa shape index (κ1) is 12.3. The van der Waals surface area contributed by atoms with Crippen LogP contribution in [0.2, 0.25) is 0 Å². The maximum atomic E-state index is 10.0. The minimum atomic E-state index is -0.754. The van der Waals surface area contributed by atoms with Crippen LogP contribution in [0.1, 0.15) is 34.5 Å². The van der Waals surface area contributed by atoms with Crippen molar-refractivity contribution in [3.8, 4) is 0 Å². The lowest BCUT2D eigenvalue weighted by Gasteiger charge is -2.04. The molecule has 6 nitrogen and oxygen atoms in total. The number of aromatic nitrogens is 1. The normalized spacial score (nSPS) is 19.5. The number of nitrogens with one attached hydrogen (secondary N) is 1. The predicted molar refractivity (Wildman–Crippen MR) is 63.5 cm³/mol. The Morgan fingerprint density at radius 1 is 1.71 bits per heavy atom. The Labute approximate surface area is 103 Å². The van der Waals surface area contributed by atoms with Crippen molar-refractivity contribution in [1.29, 1.82) is 0 Å². The molecule has 1 atom stereocenters. The lowest BCUT2D eigenvalue weighted by Crippen LogP contribution is -2.12. The van der Waals surface area contributed by atoms with Crippen molar-refractivity contribution >= 4 is 11.3 Å². The summed E-state index contributed by atoms with van der Waals surface area (Å²) < 4.78 is 0. The quantitative estimate of drug-likeness (QED) is 0.640. The molecule has 1 saturated heterocycles. The SMILES string of the molecule is Cc1nc([C@@H]2CCCN2)sc1CCO[N+](=O)[O-].